The second-order valence-corrected chi connectivity index (χ2v) is 5.51. The van der Waals surface area contributed by atoms with E-state index in [-0.39, 0.29) is 18.0 Å². The van der Waals surface area contributed by atoms with Crippen LogP contribution in [0, 0.1) is 10.1 Å². The summed E-state index contributed by atoms with van der Waals surface area (Å²) in [6.45, 7) is 0. The molecule has 0 saturated heterocycles. The van der Waals surface area contributed by atoms with Crippen LogP contribution in [0.4, 0.5) is 11.4 Å². The summed E-state index contributed by atoms with van der Waals surface area (Å²) >= 11 is 1.39. The molecule has 3 rings (SSSR count). The molecule has 0 atom stereocenters. The first kappa shape index (κ1) is 14.9. The van der Waals surface area contributed by atoms with Gasteiger partial charge in [-0.25, -0.2) is 4.98 Å². The van der Waals surface area contributed by atoms with Gasteiger partial charge in [0.25, 0.3) is 5.69 Å². The Bertz CT molecular complexity index is 842. The Labute approximate surface area is 134 Å². The molecule has 1 amide bonds. The summed E-state index contributed by atoms with van der Waals surface area (Å²) in [4.78, 5) is 26.6. The number of nitro groups is 1. The van der Waals surface area contributed by atoms with E-state index in [2.05, 4.69) is 10.3 Å². The molecule has 116 valence electrons. The predicted octanol–water partition coefficient (Wildman–Crippen LogP) is 3.49. The highest BCUT2D eigenvalue weighted by Gasteiger charge is 2.12. The number of anilines is 1. The molecule has 2 heterocycles. The van der Waals surface area contributed by atoms with Gasteiger partial charge in [0.1, 0.15) is 0 Å². The van der Waals surface area contributed by atoms with Crippen molar-refractivity contribution in [1.29, 1.82) is 0 Å². The van der Waals surface area contributed by atoms with Gasteiger partial charge < -0.3 is 9.73 Å². The van der Waals surface area contributed by atoms with Crippen molar-refractivity contribution in [2.75, 3.05) is 5.32 Å². The fourth-order valence-electron chi connectivity index (χ4n) is 1.97. The third kappa shape index (κ3) is 3.61. The Morgan fingerprint density at radius 3 is 2.96 bits per heavy atom. The number of hydrogen-bond acceptors (Lipinski definition) is 6. The van der Waals surface area contributed by atoms with E-state index in [9.17, 15) is 14.9 Å². The maximum atomic E-state index is 12.0. The van der Waals surface area contributed by atoms with E-state index in [1.54, 1.807) is 29.8 Å². The average molecular weight is 329 g/mol. The van der Waals surface area contributed by atoms with Gasteiger partial charge in [-0.3, -0.25) is 14.9 Å². The lowest BCUT2D eigenvalue weighted by molar-refractivity contribution is -0.384. The molecule has 0 aliphatic carbocycles. The second-order valence-electron chi connectivity index (χ2n) is 4.65. The molecule has 0 aliphatic heterocycles. The summed E-state index contributed by atoms with van der Waals surface area (Å²) in [6, 6.07) is 9.36. The maximum Gasteiger partial charge on any atom is 0.271 e. The first-order chi connectivity index (χ1) is 11.1. The third-order valence-corrected chi connectivity index (χ3v) is 3.87. The highest BCUT2D eigenvalue weighted by Crippen LogP contribution is 2.24. The van der Waals surface area contributed by atoms with E-state index in [1.165, 1.54) is 29.5 Å². The van der Waals surface area contributed by atoms with Crippen LogP contribution in [0.2, 0.25) is 0 Å². The Morgan fingerprint density at radius 1 is 1.35 bits per heavy atom. The number of aromatic nitrogens is 1. The maximum absolute atomic E-state index is 12.0. The van der Waals surface area contributed by atoms with Gasteiger partial charge in [-0.05, 0) is 18.2 Å². The molecule has 0 saturated carbocycles. The Kier molecular flexibility index (Phi) is 4.15. The predicted molar refractivity (Wildman–Crippen MR) is 85.2 cm³/mol. The van der Waals surface area contributed by atoms with Crippen LogP contribution >= 0.6 is 11.3 Å². The largest absolute Gasteiger partial charge is 0.462 e. The molecule has 0 fully saturated rings. The molecular formula is C15H11N3O4S. The molecule has 23 heavy (non-hydrogen) atoms. The molecule has 0 unspecified atom stereocenters. The second kappa shape index (κ2) is 6.41. The highest BCUT2D eigenvalue weighted by atomic mass is 32.1. The topological polar surface area (TPSA) is 98.3 Å². The van der Waals surface area contributed by atoms with E-state index >= 15 is 0 Å². The lowest BCUT2D eigenvalue weighted by Gasteiger charge is -2.03. The number of benzene rings is 1. The summed E-state index contributed by atoms with van der Waals surface area (Å²) in [5.74, 6) is 0.363. The third-order valence-electron chi connectivity index (χ3n) is 2.97. The Hall–Kier alpha value is -3.00. The van der Waals surface area contributed by atoms with E-state index in [0.717, 1.165) is 0 Å². The fraction of sp³-hybridized carbons (Fsp3) is 0.0667. The van der Waals surface area contributed by atoms with Crippen LogP contribution in [0.25, 0.3) is 10.8 Å². The minimum atomic E-state index is -0.508. The lowest BCUT2D eigenvalue weighted by atomic mass is 10.2. The summed E-state index contributed by atoms with van der Waals surface area (Å²) in [6.07, 6.45) is 1.64. The lowest BCUT2D eigenvalue weighted by Crippen LogP contribution is -2.14. The van der Waals surface area contributed by atoms with Crippen LogP contribution in [0.5, 0.6) is 0 Å². The molecule has 3 aromatic rings. The molecule has 1 aromatic carbocycles. The van der Waals surface area contributed by atoms with Gasteiger partial charge in [-0.1, -0.05) is 6.07 Å². The van der Waals surface area contributed by atoms with Crippen molar-refractivity contribution in [3.05, 3.63) is 63.8 Å². The van der Waals surface area contributed by atoms with Crippen LogP contribution in [0.1, 0.15) is 5.69 Å². The van der Waals surface area contributed by atoms with E-state index < -0.39 is 4.92 Å². The molecule has 1 N–H and O–H groups in total. The van der Waals surface area contributed by atoms with E-state index in [1.807, 2.05) is 0 Å². The standard InChI is InChI=1S/C15H11N3O4S/c19-14(16-10-3-1-4-12(7-10)18(20)21)8-11-9-23-15(17-11)13-5-2-6-22-13/h1-7,9H,8H2,(H,16,19). The van der Waals surface area contributed by atoms with Gasteiger partial charge in [0.15, 0.2) is 10.8 Å². The van der Waals surface area contributed by atoms with Crippen molar-refractivity contribution >= 4 is 28.6 Å². The van der Waals surface area contributed by atoms with Gasteiger partial charge >= 0.3 is 0 Å². The van der Waals surface area contributed by atoms with Crippen molar-refractivity contribution in [3.8, 4) is 10.8 Å². The summed E-state index contributed by atoms with van der Waals surface area (Å²) < 4.78 is 5.25. The molecule has 0 bridgehead atoms. The van der Waals surface area contributed by atoms with Gasteiger partial charge in [-0.2, -0.15) is 0 Å². The molecule has 8 heteroatoms. The van der Waals surface area contributed by atoms with Crippen LogP contribution in [-0.2, 0) is 11.2 Å². The fourth-order valence-corrected chi connectivity index (χ4v) is 2.75. The molecule has 0 radical (unpaired) electrons. The minimum Gasteiger partial charge on any atom is -0.462 e. The number of nitrogens with zero attached hydrogens (tertiary/aromatic N) is 2. The first-order valence-corrected chi connectivity index (χ1v) is 7.52. The summed E-state index contributed by atoms with van der Waals surface area (Å²) in [5, 5.41) is 15.8. The normalized spacial score (nSPS) is 10.4. The number of amides is 1. The van der Waals surface area contributed by atoms with Crippen molar-refractivity contribution in [2.24, 2.45) is 0 Å². The van der Waals surface area contributed by atoms with Crippen LogP contribution in [0.15, 0.2) is 52.5 Å². The van der Waals surface area contributed by atoms with Crippen LogP contribution in [-0.4, -0.2) is 15.8 Å². The molecule has 0 aliphatic rings. The number of thiazole rings is 1. The summed E-state index contributed by atoms with van der Waals surface area (Å²) in [5.41, 5.74) is 0.923. The van der Waals surface area contributed by atoms with Gasteiger partial charge in [0.2, 0.25) is 5.91 Å². The van der Waals surface area contributed by atoms with Crippen molar-refractivity contribution in [2.45, 2.75) is 6.42 Å². The molecule has 7 nitrogen and oxygen atoms in total. The highest BCUT2D eigenvalue weighted by molar-refractivity contribution is 7.13. The van der Waals surface area contributed by atoms with Crippen molar-refractivity contribution in [1.82, 2.24) is 4.98 Å². The zero-order chi connectivity index (χ0) is 16.2. The van der Waals surface area contributed by atoms with Gasteiger partial charge in [0.05, 0.1) is 23.3 Å². The number of nitro benzene ring substituents is 1. The summed E-state index contributed by atoms with van der Waals surface area (Å²) in [7, 11) is 0. The average Bonchev–Trinajstić information content (AvgIpc) is 3.18. The van der Waals surface area contributed by atoms with E-state index in [0.29, 0.717) is 22.1 Å². The smallest absolute Gasteiger partial charge is 0.271 e. The number of non-ortho nitro benzene ring substituents is 1. The van der Waals surface area contributed by atoms with Gasteiger partial charge in [0, 0.05) is 23.2 Å². The Balaban J connectivity index is 1.66. The van der Waals surface area contributed by atoms with Gasteiger partial charge in [-0.15, -0.1) is 11.3 Å². The zero-order valence-electron chi connectivity index (χ0n) is 11.8. The minimum absolute atomic E-state index is 0.0726. The number of furan rings is 1. The number of rotatable bonds is 5. The number of hydrogen-bond donors (Lipinski definition) is 1. The Morgan fingerprint density at radius 2 is 2.22 bits per heavy atom. The SMILES string of the molecule is O=C(Cc1csc(-c2ccco2)n1)Nc1cccc([N+](=O)[O-])c1. The van der Waals surface area contributed by atoms with Crippen molar-refractivity contribution in [3.63, 3.8) is 0 Å². The quantitative estimate of drug-likeness (QED) is 0.570. The monoisotopic (exact) mass is 329 g/mol. The number of carbonyl (C=O) groups excluding carboxylic acids is 1. The van der Waals surface area contributed by atoms with E-state index in [4.69, 9.17) is 4.42 Å². The molecular weight excluding hydrogens is 318 g/mol. The van der Waals surface area contributed by atoms with Crippen LogP contribution < -0.4 is 5.32 Å². The number of nitrogens with one attached hydrogen (secondary N) is 1. The number of carbonyl (C=O) groups is 1. The molecule has 2 aromatic heterocycles. The molecule has 0 spiro atoms. The van der Waals surface area contributed by atoms with Crippen molar-refractivity contribution < 1.29 is 14.1 Å². The first-order valence-electron chi connectivity index (χ1n) is 6.64. The van der Waals surface area contributed by atoms with Crippen LogP contribution in [0.3, 0.4) is 0 Å². The zero-order valence-corrected chi connectivity index (χ0v) is 12.6.